The van der Waals surface area contributed by atoms with Crippen LogP contribution in [0.5, 0.6) is 0 Å². The third-order valence-corrected chi connectivity index (χ3v) is 16.2. The summed E-state index contributed by atoms with van der Waals surface area (Å²) in [5.74, 6) is 0. The van der Waals surface area contributed by atoms with Gasteiger partial charge in [0, 0.05) is 25.5 Å². The minimum atomic E-state index is -0.968. The van der Waals surface area contributed by atoms with Crippen LogP contribution in [0.3, 0.4) is 0 Å². The standard InChI is InChI=1S/C66H72N8O6/c75-63-73-43-27-5-1-3-25-41-57-45-71(69-67-57)48-60-62(50-78-66(54-35-19-10-20-36-54,55-37-21-11-22-38-55)56-39-23-12-24-40-56)80-64(76)74(60)44-28-6-2-4-26-42-58-46-72(70-68-58)47-59(73)61(79-63)49-77-65(51-29-13-7-14-30-51,52-31-15-8-16-32-52)53-33-17-9-18-34-53/h7-24,29-40,45-46,59-62H,1-6,25-28,41-44,47-50H2. The minimum absolute atomic E-state index is 0.158. The third kappa shape index (κ3) is 12.1. The van der Waals surface area contributed by atoms with Crippen molar-refractivity contribution in [3.05, 3.63) is 239 Å². The van der Waals surface area contributed by atoms with Gasteiger partial charge in [-0.15, -0.1) is 10.2 Å². The normalized spacial score (nSPS) is 20.1. The van der Waals surface area contributed by atoms with E-state index in [-0.39, 0.29) is 37.5 Å². The predicted molar refractivity (Wildman–Crippen MR) is 305 cm³/mol. The molecule has 0 aliphatic carbocycles. The number of hydrogen-bond donors (Lipinski definition) is 0. The van der Waals surface area contributed by atoms with Crippen LogP contribution in [0.2, 0.25) is 0 Å². The molecule has 0 saturated carbocycles. The fourth-order valence-corrected chi connectivity index (χ4v) is 12.1. The first-order chi connectivity index (χ1) is 39.5. The summed E-state index contributed by atoms with van der Waals surface area (Å²) < 4.78 is 30.9. The molecule has 0 radical (unpaired) electrons. The van der Waals surface area contributed by atoms with Gasteiger partial charge in [0.15, 0.2) is 0 Å². The Morgan fingerprint density at radius 3 is 1.00 bits per heavy atom. The maximum Gasteiger partial charge on any atom is 0.410 e. The molecular weight excluding hydrogens is 1000 g/mol. The van der Waals surface area contributed by atoms with Crippen molar-refractivity contribution in [2.45, 2.75) is 126 Å². The van der Waals surface area contributed by atoms with E-state index in [1.807, 2.05) is 141 Å². The molecule has 2 aromatic heterocycles. The van der Waals surface area contributed by atoms with E-state index in [1.165, 1.54) is 0 Å². The second-order valence-electron chi connectivity index (χ2n) is 21.4. The number of carbonyl (C=O) groups is 2. The summed E-state index contributed by atoms with van der Waals surface area (Å²) in [5, 5.41) is 18.4. The lowest BCUT2D eigenvalue weighted by atomic mass is 9.80. The summed E-state index contributed by atoms with van der Waals surface area (Å²) in [6.07, 6.45) is 13.3. The van der Waals surface area contributed by atoms with Gasteiger partial charge in [-0.2, -0.15) is 0 Å². The van der Waals surface area contributed by atoms with Crippen molar-refractivity contribution < 1.29 is 28.5 Å². The van der Waals surface area contributed by atoms with Gasteiger partial charge >= 0.3 is 12.2 Å². The highest BCUT2D eigenvalue weighted by Crippen LogP contribution is 2.43. The molecule has 4 unspecified atom stereocenters. The average Bonchev–Trinajstić information content (AvgIpc) is 4.32. The first-order valence-electron chi connectivity index (χ1n) is 28.8. The molecule has 4 bridgehead atoms. The van der Waals surface area contributed by atoms with Crippen LogP contribution in [0.4, 0.5) is 9.59 Å². The quantitative estimate of drug-likeness (QED) is 0.109. The number of fused-ring (bicyclic) bond motifs is 6. The molecule has 5 heterocycles. The van der Waals surface area contributed by atoms with Gasteiger partial charge in [0.25, 0.3) is 0 Å². The van der Waals surface area contributed by atoms with E-state index in [9.17, 15) is 9.59 Å². The number of amides is 2. The van der Waals surface area contributed by atoms with E-state index in [0.29, 0.717) is 26.2 Å². The van der Waals surface area contributed by atoms with Crippen LogP contribution in [0.15, 0.2) is 194 Å². The van der Waals surface area contributed by atoms with Crippen LogP contribution in [-0.2, 0) is 56.1 Å². The number of carbonyl (C=O) groups excluding carboxylic acids is 2. The van der Waals surface area contributed by atoms with Crippen LogP contribution in [0, 0.1) is 0 Å². The number of rotatable bonds is 12. The zero-order valence-electron chi connectivity index (χ0n) is 45.5. The van der Waals surface area contributed by atoms with Crippen LogP contribution >= 0.6 is 0 Å². The van der Waals surface area contributed by atoms with Gasteiger partial charge in [0.05, 0.1) is 49.8 Å². The molecule has 0 spiro atoms. The lowest BCUT2D eigenvalue weighted by Gasteiger charge is -2.37. The number of cyclic esters (lactones) is 2. The zero-order valence-corrected chi connectivity index (χ0v) is 45.5. The van der Waals surface area contributed by atoms with Crippen LogP contribution < -0.4 is 0 Å². The van der Waals surface area contributed by atoms with Gasteiger partial charge < -0.3 is 18.9 Å². The number of nitrogens with zero attached hydrogens (tertiary/aromatic N) is 8. The Labute approximate surface area is 469 Å². The van der Waals surface area contributed by atoms with Gasteiger partial charge in [-0.1, -0.05) is 231 Å². The molecule has 14 heteroatoms. The van der Waals surface area contributed by atoms with E-state index in [4.69, 9.17) is 18.9 Å². The molecule has 412 valence electrons. The smallest absolute Gasteiger partial charge is 0.410 e. The fraction of sp³-hybridized carbons (Fsp3) is 0.364. The molecule has 14 nitrogen and oxygen atoms in total. The lowest BCUT2D eigenvalue weighted by molar-refractivity contribution is -0.0391. The number of hydrogen-bond acceptors (Lipinski definition) is 10. The molecule has 4 atom stereocenters. The first-order valence-corrected chi connectivity index (χ1v) is 28.8. The van der Waals surface area contributed by atoms with Crippen molar-refractivity contribution in [2.24, 2.45) is 0 Å². The Morgan fingerprint density at radius 1 is 0.400 bits per heavy atom. The molecule has 6 aromatic carbocycles. The highest BCUT2D eigenvalue weighted by atomic mass is 16.6. The lowest BCUT2D eigenvalue weighted by Crippen LogP contribution is -2.44. The zero-order chi connectivity index (χ0) is 54.4. The molecule has 2 fully saturated rings. The van der Waals surface area contributed by atoms with E-state index in [2.05, 4.69) is 93.4 Å². The van der Waals surface area contributed by atoms with E-state index < -0.39 is 23.4 Å². The van der Waals surface area contributed by atoms with Crippen molar-refractivity contribution in [3.63, 3.8) is 0 Å². The second kappa shape index (κ2) is 25.9. The molecule has 11 rings (SSSR count). The minimum Gasteiger partial charge on any atom is -0.441 e. The molecule has 0 N–H and O–H groups in total. The maximum absolute atomic E-state index is 14.0. The summed E-state index contributed by atoms with van der Waals surface area (Å²) in [5.41, 5.74) is 5.80. The summed E-state index contributed by atoms with van der Waals surface area (Å²) in [6, 6.07) is 61.1. The van der Waals surface area contributed by atoms with Crippen molar-refractivity contribution in [3.8, 4) is 0 Å². The number of ether oxygens (including phenoxy) is 4. The average molecular weight is 1070 g/mol. The Balaban J connectivity index is 0.784. The molecule has 2 amide bonds. The second-order valence-corrected chi connectivity index (χ2v) is 21.4. The maximum atomic E-state index is 14.0. The van der Waals surface area contributed by atoms with Crippen molar-refractivity contribution >= 4 is 12.2 Å². The van der Waals surface area contributed by atoms with Gasteiger partial charge in [-0.3, -0.25) is 19.2 Å². The van der Waals surface area contributed by atoms with Crippen molar-refractivity contribution in [2.75, 3.05) is 26.3 Å². The Kier molecular flexibility index (Phi) is 17.5. The number of aromatic nitrogens is 6. The number of aryl methyl sites for hydroxylation is 2. The Hall–Kier alpha value is -7.94. The largest absolute Gasteiger partial charge is 0.441 e. The topological polar surface area (TPSA) is 139 Å². The van der Waals surface area contributed by atoms with Gasteiger partial charge in [-0.25, -0.2) is 9.59 Å². The van der Waals surface area contributed by atoms with Gasteiger partial charge in [0.1, 0.15) is 23.4 Å². The predicted octanol–water partition coefficient (Wildman–Crippen LogP) is 12.0. The van der Waals surface area contributed by atoms with E-state index in [0.717, 1.165) is 122 Å². The molecule has 2 saturated heterocycles. The highest BCUT2D eigenvalue weighted by Gasteiger charge is 2.47. The Morgan fingerprint density at radius 2 is 0.688 bits per heavy atom. The molecule has 3 aliphatic heterocycles. The summed E-state index contributed by atoms with van der Waals surface area (Å²) in [7, 11) is 0. The van der Waals surface area contributed by atoms with Crippen LogP contribution in [-0.4, -0.2) is 103 Å². The first kappa shape index (κ1) is 54.0. The highest BCUT2D eigenvalue weighted by molar-refractivity contribution is 5.71. The van der Waals surface area contributed by atoms with Gasteiger partial charge in [-0.05, 0) is 71.9 Å². The molecule has 8 aromatic rings. The van der Waals surface area contributed by atoms with Crippen LogP contribution in [0.1, 0.15) is 109 Å². The number of benzene rings is 6. The van der Waals surface area contributed by atoms with E-state index in [1.54, 1.807) is 0 Å². The monoisotopic (exact) mass is 1070 g/mol. The summed E-state index contributed by atoms with van der Waals surface area (Å²) >= 11 is 0. The van der Waals surface area contributed by atoms with Gasteiger partial charge in [0.2, 0.25) is 0 Å². The third-order valence-electron chi connectivity index (χ3n) is 16.2. The summed E-state index contributed by atoms with van der Waals surface area (Å²) in [6.45, 7) is 2.27. The van der Waals surface area contributed by atoms with Crippen molar-refractivity contribution in [1.29, 1.82) is 0 Å². The molecular formula is C66H72N8O6. The van der Waals surface area contributed by atoms with E-state index >= 15 is 0 Å². The molecule has 80 heavy (non-hydrogen) atoms. The van der Waals surface area contributed by atoms with Crippen molar-refractivity contribution in [1.82, 2.24) is 39.8 Å². The fourth-order valence-electron chi connectivity index (χ4n) is 12.1. The molecule has 3 aliphatic rings. The summed E-state index contributed by atoms with van der Waals surface area (Å²) in [4.78, 5) is 31.8. The SMILES string of the molecule is O=C1OC(COC(c2ccccc2)(c2ccccc2)c2ccccc2)C2Cn3cc(nn3)CCCCCCCN3C(=O)OC(COC(c4ccccc4)(c4ccccc4)c4ccccc4)C3Cn3cc(nn3)CCCCCCCN12. The Bertz CT molecular complexity index is 2770. The van der Waals surface area contributed by atoms with Crippen LogP contribution in [0.25, 0.3) is 0 Å².